The number of aromatic nitrogens is 2. The Hall–Kier alpha value is -2.13. The van der Waals surface area contributed by atoms with Gasteiger partial charge in [0.05, 0.1) is 6.61 Å². The number of carbonyl (C=O) groups excluding carboxylic acids is 1. The largest absolute Gasteiger partial charge is 0.462 e. The Morgan fingerprint density at radius 2 is 2.05 bits per heavy atom. The molecule has 1 rings (SSSR count). The maximum Gasteiger partial charge on any atom is 0.423 e. The first-order valence-corrected chi connectivity index (χ1v) is 4.91. The van der Waals surface area contributed by atoms with Crippen molar-refractivity contribution >= 4 is 5.97 Å². The summed E-state index contributed by atoms with van der Waals surface area (Å²) in [5.41, 5.74) is -5.00. The number of nitrogens with zero attached hydrogens (tertiary/aromatic N) is 1. The van der Waals surface area contributed by atoms with Gasteiger partial charge in [0.15, 0.2) is 0 Å². The molecule has 0 saturated heterocycles. The van der Waals surface area contributed by atoms with E-state index in [1.54, 1.807) is 0 Å². The van der Waals surface area contributed by atoms with Crippen molar-refractivity contribution < 1.29 is 27.1 Å². The fourth-order valence-electron chi connectivity index (χ4n) is 1.18. The fourth-order valence-corrected chi connectivity index (χ4v) is 1.18. The lowest BCUT2D eigenvalue weighted by Crippen LogP contribution is -2.37. The van der Waals surface area contributed by atoms with E-state index < -0.39 is 35.3 Å². The van der Waals surface area contributed by atoms with Crippen LogP contribution in [0.15, 0.2) is 15.8 Å². The van der Waals surface area contributed by atoms with E-state index in [-0.39, 0.29) is 17.4 Å². The Morgan fingerprint density at radius 1 is 1.47 bits per heavy atom. The first-order valence-electron chi connectivity index (χ1n) is 4.91. The molecule has 106 valence electrons. The van der Waals surface area contributed by atoms with Crippen molar-refractivity contribution in [1.29, 1.82) is 0 Å². The van der Waals surface area contributed by atoms with Gasteiger partial charge in [-0.2, -0.15) is 13.2 Å². The Labute approximate surface area is 102 Å². The maximum absolute atomic E-state index is 13.5. The molecule has 1 unspecified atom stereocenters. The summed E-state index contributed by atoms with van der Waals surface area (Å²) >= 11 is 0. The summed E-state index contributed by atoms with van der Waals surface area (Å²) in [6, 6.07) is 0. The highest BCUT2D eigenvalue weighted by atomic mass is 19.4. The smallest absolute Gasteiger partial charge is 0.423 e. The quantitative estimate of drug-likeness (QED) is 0.650. The molecule has 19 heavy (non-hydrogen) atoms. The van der Waals surface area contributed by atoms with Crippen LogP contribution in [0, 0.1) is 0 Å². The maximum atomic E-state index is 13.5. The molecule has 0 aromatic carbocycles. The lowest BCUT2D eigenvalue weighted by Gasteiger charge is -2.12. The van der Waals surface area contributed by atoms with E-state index in [2.05, 4.69) is 4.74 Å². The van der Waals surface area contributed by atoms with Gasteiger partial charge in [0, 0.05) is 6.20 Å². The van der Waals surface area contributed by atoms with E-state index in [1.807, 2.05) is 0 Å². The molecule has 0 aliphatic rings. The second kappa shape index (κ2) is 5.24. The Kier molecular flexibility index (Phi) is 4.12. The molecule has 0 bridgehead atoms. The van der Waals surface area contributed by atoms with Crippen LogP contribution in [0.2, 0.25) is 0 Å². The van der Waals surface area contributed by atoms with Crippen LogP contribution in [-0.2, 0) is 15.7 Å². The van der Waals surface area contributed by atoms with Gasteiger partial charge in [0.1, 0.15) is 5.56 Å². The van der Waals surface area contributed by atoms with Gasteiger partial charge in [0.25, 0.3) is 11.9 Å². The average Bonchev–Trinajstić information content (AvgIpc) is 2.26. The molecule has 1 aromatic rings. The minimum absolute atomic E-state index is 0.0667. The lowest BCUT2D eigenvalue weighted by atomic mass is 10.3. The molecule has 0 saturated carbocycles. The number of hydrogen-bond acceptors (Lipinski definition) is 4. The monoisotopic (exact) mass is 284 g/mol. The number of ether oxygens (including phenoxy) is 1. The van der Waals surface area contributed by atoms with Crippen LogP contribution in [0.1, 0.15) is 18.8 Å². The van der Waals surface area contributed by atoms with Gasteiger partial charge in [-0.1, -0.05) is 0 Å². The minimum atomic E-state index is -5.09. The number of H-pyrrole nitrogens is 1. The van der Waals surface area contributed by atoms with E-state index in [1.165, 1.54) is 11.9 Å². The van der Waals surface area contributed by atoms with Crippen LogP contribution in [0.5, 0.6) is 0 Å². The summed E-state index contributed by atoms with van der Waals surface area (Å²) in [5.74, 6) is -1.54. The molecule has 0 radical (unpaired) electrons. The number of nitrogens with one attached hydrogen (secondary N) is 1. The molecule has 0 aliphatic heterocycles. The van der Waals surface area contributed by atoms with Gasteiger partial charge in [-0.05, 0) is 6.92 Å². The summed E-state index contributed by atoms with van der Waals surface area (Å²) in [5, 5.41) is 0. The summed E-state index contributed by atoms with van der Waals surface area (Å²) in [4.78, 5) is 34.4. The number of aromatic amines is 1. The van der Waals surface area contributed by atoms with Gasteiger partial charge in [-0.3, -0.25) is 14.3 Å². The molecule has 0 fully saturated rings. The SMILES string of the molecule is CCOC(=O)C(F)n1cc(C(F)(F)F)c(=O)[nH]c1=O. The van der Waals surface area contributed by atoms with Crippen LogP contribution < -0.4 is 11.2 Å². The third-order valence-corrected chi connectivity index (χ3v) is 2.00. The number of halogens is 4. The predicted molar refractivity (Wildman–Crippen MR) is 53.1 cm³/mol. The molecule has 6 nitrogen and oxygen atoms in total. The van der Waals surface area contributed by atoms with Crippen molar-refractivity contribution in [2.75, 3.05) is 6.61 Å². The minimum Gasteiger partial charge on any atom is -0.462 e. The van der Waals surface area contributed by atoms with E-state index in [4.69, 9.17) is 0 Å². The normalized spacial score (nSPS) is 13.1. The molecule has 1 N–H and O–H groups in total. The summed E-state index contributed by atoms with van der Waals surface area (Å²) in [6.07, 6.45) is -7.93. The summed E-state index contributed by atoms with van der Waals surface area (Å²) in [7, 11) is 0. The molecular weight excluding hydrogens is 276 g/mol. The van der Waals surface area contributed by atoms with Crippen LogP contribution >= 0.6 is 0 Å². The number of alkyl halides is 4. The molecule has 1 aromatic heterocycles. The van der Waals surface area contributed by atoms with Crippen molar-refractivity contribution in [3.05, 3.63) is 32.6 Å². The van der Waals surface area contributed by atoms with Gasteiger partial charge >= 0.3 is 17.8 Å². The van der Waals surface area contributed by atoms with Crippen LogP contribution in [0.25, 0.3) is 0 Å². The molecule has 0 amide bonds. The van der Waals surface area contributed by atoms with Gasteiger partial charge in [-0.15, -0.1) is 0 Å². The second-order valence-corrected chi connectivity index (χ2v) is 3.29. The predicted octanol–water partition coefficient (Wildman–Crippen LogP) is 0.587. The van der Waals surface area contributed by atoms with Crippen LogP contribution in [0.4, 0.5) is 17.6 Å². The fraction of sp³-hybridized carbons (Fsp3) is 0.444. The average molecular weight is 284 g/mol. The number of carbonyl (C=O) groups is 1. The highest BCUT2D eigenvalue weighted by molar-refractivity contribution is 5.72. The van der Waals surface area contributed by atoms with E-state index in [9.17, 15) is 31.9 Å². The second-order valence-electron chi connectivity index (χ2n) is 3.29. The zero-order valence-corrected chi connectivity index (χ0v) is 9.45. The highest BCUT2D eigenvalue weighted by Gasteiger charge is 2.36. The third-order valence-electron chi connectivity index (χ3n) is 2.00. The lowest BCUT2D eigenvalue weighted by molar-refractivity contribution is -0.153. The molecular formula is C9H8F4N2O4. The van der Waals surface area contributed by atoms with E-state index in [0.29, 0.717) is 0 Å². The van der Waals surface area contributed by atoms with E-state index in [0.717, 1.165) is 0 Å². The molecule has 1 atom stereocenters. The van der Waals surface area contributed by atoms with Crippen molar-refractivity contribution in [2.45, 2.75) is 19.4 Å². The topological polar surface area (TPSA) is 81.2 Å². The number of hydrogen-bond donors (Lipinski definition) is 1. The van der Waals surface area contributed by atoms with Gasteiger partial charge < -0.3 is 4.74 Å². The first kappa shape index (κ1) is 14.9. The zero-order valence-electron chi connectivity index (χ0n) is 9.45. The number of esters is 1. The van der Waals surface area contributed by atoms with Crippen LogP contribution in [0.3, 0.4) is 0 Å². The Morgan fingerprint density at radius 3 is 2.53 bits per heavy atom. The van der Waals surface area contributed by atoms with Crippen molar-refractivity contribution in [2.24, 2.45) is 0 Å². The van der Waals surface area contributed by atoms with Crippen LogP contribution in [-0.4, -0.2) is 22.1 Å². The molecule has 10 heteroatoms. The first-order chi connectivity index (χ1) is 8.68. The molecule has 0 aliphatic carbocycles. The van der Waals surface area contributed by atoms with Gasteiger partial charge in [-0.25, -0.2) is 14.0 Å². The standard InChI is InChI=1S/C9H8F4N2O4/c1-2-19-7(17)5(10)15-3-4(9(11,12)13)6(16)14-8(15)18/h3,5H,2H2,1H3,(H,14,16,18). The summed E-state index contributed by atoms with van der Waals surface area (Å²) in [6.45, 7) is 1.13. The third kappa shape index (κ3) is 3.20. The molecule has 1 heterocycles. The number of rotatable bonds is 3. The van der Waals surface area contributed by atoms with Crippen molar-refractivity contribution in [3.63, 3.8) is 0 Å². The Bertz CT molecular complexity index is 589. The van der Waals surface area contributed by atoms with E-state index >= 15 is 0 Å². The summed E-state index contributed by atoms with van der Waals surface area (Å²) < 4.78 is 54.7. The van der Waals surface area contributed by atoms with Crippen molar-refractivity contribution in [1.82, 2.24) is 9.55 Å². The highest BCUT2D eigenvalue weighted by Crippen LogP contribution is 2.26. The van der Waals surface area contributed by atoms with Gasteiger partial charge in [0.2, 0.25) is 0 Å². The van der Waals surface area contributed by atoms with Crippen molar-refractivity contribution in [3.8, 4) is 0 Å². The molecule has 0 spiro atoms. The Balaban J connectivity index is 3.34. The zero-order chi connectivity index (χ0) is 14.8.